The Morgan fingerprint density at radius 1 is 1.12 bits per heavy atom. The van der Waals surface area contributed by atoms with Gasteiger partial charge in [0.2, 0.25) is 0 Å². The number of carbonyl (C=O) groups excluding carboxylic acids is 1. The molecule has 3 aromatic rings. The highest BCUT2D eigenvalue weighted by Gasteiger charge is 2.41. The van der Waals surface area contributed by atoms with Gasteiger partial charge in [0.25, 0.3) is 5.69 Å². The highest BCUT2D eigenvalue weighted by Crippen LogP contribution is 2.48. The predicted molar refractivity (Wildman–Crippen MR) is 160 cm³/mol. The number of rotatable bonds is 6. The van der Waals surface area contributed by atoms with Gasteiger partial charge < -0.3 is 10.5 Å². The van der Waals surface area contributed by atoms with Crippen LogP contribution in [0.4, 0.5) is 11.4 Å². The lowest BCUT2D eigenvalue weighted by Gasteiger charge is -2.40. The summed E-state index contributed by atoms with van der Waals surface area (Å²) in [4.78, 5) is 26.5. The number of aryl methyl sites for hydroxylation is 2. The number of carbonyl (C=O) groups is 1. The average molecular weight is 614 g/mol. The lowest BCUT2D eigenvalue weighted by molar-refractivity contribution is -0.384. The minimum absolute atomic E-state index is 0.0434. The summed E-state index contributed by atoms with van der Waals surface area (Å²) < 4.78 is 7.04. The first-order valence-corrected chi connectivity index (χ1v) is 14.1. The quantitative estimate of drug-likeness (QED) is 0.231. The van der Waals surface area contributed by atoms with Crippen LogP contribution >= 0.6 is 15.9 Å². The van der Waals surface area contributed by atoms with Crippen molar-refractivity contribution < 1.29 is 14.5 Å². The van der Waals surface area contributed by atoms with Crippen molar-refractivity contribution in [3.63, 3.8) is 0 Å². The van der Waals surface area contributed by atoms with Crippen molar-refractivity contribution >= 4 is 33.1 Å². The van der Waals surface area contributed by atoms with Crippen LogP contribution in [0.5, 0.6) is 5.75 Å². The van der Waals surface area contributed by atoms with E-state index in [1.165, 1.54) is 12.1 Å². The molecule has 208 valence electrons. The first kappa shape index (κ1) is 28.1. The minimum Gasteiger partial charge on any atom is -0.489 e. The first-order valence-electron chi connectivity index (χ1n) is 13.3. The second-order valence-corrected chi connectivity index (χ2v) is 11.3. The van der Waals surface area contributed by atoms with Gasteiger partial charge in [-0.25, -0.2) is 0 Å². The molecule has 0 radical (unpaired) electrons. The van der Waals surface area contributed by atoms with Gasteiger partial charge >= 0.3 is 0 Å². The Balaban J connectivity index is 1.66. The zero-order chi connectivity index (χ0) is 29.4. The number of hydrogen-bond donors (Lipinski definition) is 1. The summed E-state index contributed by atoms with van der Waals surface area (Å²) in [5.41, 5.74) is 13.0. The number of benzene rings is 3. The molecule has 3 aromatic carbocycles. The number of nitro groups is 1. The maximum Gasteiger partial charge on any atom is 0.271 e. The molecule has 2 N–H and O–H groups in total. The fourth-order valence-corrected chi connectivity index (χ4v) is 5.99. The van der Waals surface area contributed by atoms with Gasteiger partial charge in [-0.15, -0.1) is 0 Å². The maximum atomic E-state index is 13.6. The Kier molecular flexibility index (Phi) is 7.70. The molecule has 0 saturated carbocycles. The van der Waals surface area contributed by atoms with Crippen LogP contribution < -0.4 is 15.4 Å². The number of nitrogens with two attached hydrogens (primary N) is 1. The van der Waals surface area contributed by atoms with Gasteiger partial charge in [-0.05, 0) is 80.1 Å². The molecule has 8 nitrogen and oxygen atoms in total. The molecule has 0 fully saturated rings. The zero-order valence-electron chi connectivity index (χ0n) is 23.0. The molecule has 0 aromatic heterocycles. The van der Waals surface area contributed by atoms with Crippen LogP contribution in [0.1, 0.15) is 53.0 Å². The van der Waals surface area contributed by atoms with Crippen LogP contribution in [0.25, 0.3) is 0 Å². The highest BCUT2D eigenvalue weighted by molar-refractivity contribution is 9.10. The van der Waals surface area contributed by atoms with E-state index in [9.17, 15) is 20.2 Å². The predicted octanol–water partition coefficient (Wildman–Crippen LogP) is 7.17. The smallest absolute Gasteiger partial charge is 0.271 e. The molecular formula is C32H29BrN4O4. The van der Waals surface area contributed by atoms with E-state index in [0.29, 0.717) is 42.8 Å². The molecule has 0 bridgehead atoms. The standard InChI is InChI=1S/C32H29BrN4O4/c1-18-13-21(17-41-24-11-8-22(33)9-12-24)20(3)25(14-18)30-26(16-34)32(35)36(27-5-4-6-29(38)31(27)30)28-15-23(37(39)40)10-7-19(28)2/h7-15,30H,4-6,17,35H2,1-3H3. The van der Waals surface area contributed by atoms with Gasteiger partial charge in [-0.1, -0.05) is 39.7 Å². The molecule has 1 aliphatic heterocycles. The second kappa shape index (κ2) is 11.2. The third-order valence-corrected chi connectivity index (χ3v) is 8.31. The fraction of sp³-hybridized carbons (Fsp3) is 0.250. The van der Waals surface area contributed by atoms with Crippen molar-refractivity contribution in [3.8, 4) is 11.8 Å². The van der Waals surface area contributed by atoms with Crippen LogP contribution in [0.15, 0.2) is 81.7 Å². The topological polar surface area (TPSA) is 122 Å². The van der Waals surface area contributed by atoms with Crippen LogP contribution in [-0.4, -0.2) is 10.7 Å². The highest BCUT2D eigenvalue weighted by atomic mass is 79.9. The third kappa shape index (κ3) is 5.23. The normalized spacial score (nSPS) is 16.9. The van der Waals surface area contributed by atoms with Crippen molar-refractivity contribution in [2.75, 3.05) is 4.90 Å². The molecule has 2 aliphatic rings. The van der Waals surface area contributed by atoms with Crippen molar-refractivity contribution in [3.05, 3.63) is 120 Å². The number of hydrogen-bond acceptors (Lipinski definition) is 7. The molecule has 9 heteroatoms. The lowest BCUT2D eigenvalue weighted by atomic mass is 9.73. The molecule has 1 heterocycles. The van der Waals surface area contributed by atoms with E-state index in [1.54, 1.807) is 11.0 Å². The molecule has 41 heavy (non-hydrogen) atoms. The van der Waals surface area contributed by atoms with Crippen LogP contribution in [0, 0.1) is 42.2 Å². The van der Waals surface area contributed by atoms with Gasteiger partial charge in [0.05, 0.1) is 28.2 Å². The molecule has 0 saturated heterocycles. The fourth-order valence-electron chi connectivity index (χ4n) is 5.73. The number of Topliss-reactive ketones (excluding diaryl/α,β-unsaturated/α-hetero) is 1. The van der Waals surface area contributed by atoms with Crippen LogP contribution in [-0.2, 0) is 11.4 Å². The monoisotopic (exact) mass is 612 g/mol. The summed E-state index contributed by atoms with van der Waals surface area (Å²) >= 11 is 3.44. The number of nitrogens with zero attached hydrogens (tertiary/aromatic N) is 3. The Hall–Kier alpha value is -4.42. The molecule has 5 rings (SSSR count). The molecule has 1 unspecified atom stereocenters. The Morgan fingerprint density at radius 2 is 1.85 bits per heavy atom. The van der Waals surface area contributed by atoms with E-state index in [2.05, 4.69) is 28.1 Å². The number of nitriles is 1. The van der Waals surface area contributed by atoms with Gasteiger partial charge in [0.15, 0.2) is 5.78 Å². The van der Waals surface area contributed by atoms with Crippen molar-refractivity contribution in [2.45, 2.75) is 52.6 Å². The van der Waals surface area contributed by atoms with E-state index in [0.717, 1.165) is 38.0 Å². The van der Waals surface area contributed by atoms with Crippen molar-refractivity contribution in [2.24, 2.45) is 5.73 Å². The number of non-ortho nitro benzene ring substituents is 1. The summed E-state index contributed by atoms with van der Waals surface area (Å²) in [6, 6.07) is 18.5. The van der Waals surface area contributed by atoms with E-state index in [-0.39, 0.29) is 22.9 Å². The average Bonchev–Trinajstić information content (AvgIpc) is 2.94. The summed E-state index contributed by atoms with van der Waals surface area (Å²) in [6.45, 7) is 6.10. The summed E-state index contributed by atoms with van der Waals surface area (Å²) in [6.07, 6.45) is 1.55. The molecule has 0 amide bonds. The minimum atomic E-state index is -0.649. The summed E-state index contributed by atoms with van der Waals surface area (Å²) in [5, 5.41) is 22.1. The van der Waals surface area contributed by atoms with E-state index in [4.69, 9.17) is 10.5 Å². The van der Waals surface area contributed by atoms with Gasteiger partial charge in [-0.3, -0.25) is 19.8 Å². The van der Waals surface area contributed by atoms with Gasteiger partial charge in [-0.2, -0.15) is 5.26 Å². The van der Waals surface area contributed by atoms with Crippen LogP contribution in [0.2, 0.25) is 0 Å². The molecule has 1 aliphatic carbocycles. The Morgan fingerprint density at radius 3 is 2.54 bits per heavy atom. The number of allylic oxidation sites excluding steroid dienone is 3. The van der Waals surface area contributed by atoms with Gasteiger partial charge in [0.1, 0.15) is 18.2 Å². The number of halogens is 1. The van der Waals surface area contributed by atoms with Crippen molar-refractivity contribution in [1.29, 1.82) is 5.26 Å². The second-order valence-electron chi connectivity index (χ2n) is 10.4. The summed E-state index contributed by atoms with van der Waals surface area (Å²) in [7, 11) is 0. The lowest BCUT2D eigenvalue weighted by Crippen LogP contribution is -2.39. The molecule has 1 atom stereocenters. The van der Waals surface area contributed by atoms with Crippen molar-refractivity contribution in [1.82, 2.24) is 0 Å². The largest absolute Gasteiger partial charge is 0.489 e. The number of ether oxygens (including phenoxy) is 1. The number of anilines is 1. The van der Waals surface area contributed by atoms with E-state index >= 15 is 0 Å². The Bertz CT molecular complexity index is 1680. The van der Waals surface area contributed by atoms with E-state index in [1.807, 2.05) is 51.1 Å². The number of nitro benzene ring substituents is 1. The van der Waals surface area contributed by atoms with E-state index < -0.39 is 10.8 Å². The van der Waals surface area contributed by atoms with Gasteiger partial charge in [0, 0.05) is 34.3 Å². The van der Waals surface area contributed by atoms with Crippen LogP contribution in [0.3, 0.4) is 0 Å². The molecule has 0 spiro atoms. The SMILES string of the molecule is Cc1cc(COc2ccc(Br)cc2)c(C)c(C2C(C#N)=C(N)N(c3cc([N+](=O)[O-])ccc3C)C3=C2C(=O)CCC3)c1. The molecular weight excluding hydrogens is 584 g/mol. The Labute approximate surface area is 247 Å². The zero-order valence-corrected chi connectivity index (χ0v) is 24.6. The number of ketones is 1. The maximum absolute atomic E-state index is 13.6. The summed E-state index contributed by atoms with van der Waals surface area (Å²) in [5.74, 6) is 0.219. The third-order valence-electron chi connectivity index (χ3n) is 7.78. The first-order chi connectivity index (χ1) is 19.6.